The second kappa shape index (κ2) is 8.03. The number of ether oxygens (including phenoxy) is 3. The molecule has 1 aliphatic heterocycles. The Kier molecular flexibility index (Phi) is 5.55. The lowest BCUT2D eigenvalue weighted by Gasteiger charge is -2.32. The van der Waals surface area contributed by atoms with Gasteiger partial charge < -0.3 is 19.1 Å². The standard InChI is InChI=1S/C19H23N3O4/c1-13-20-9-8-18(21-13)26-15-5-4-10-22(12-15)19(23)14-6-7-16(24-2)17(11-14)25-3/h6-9,11,15H,4-5,10,12H2,1-3H3. The molecule has 2 aromatic rings. The Morgan fingerprint density at radius 2 is 2.00 bits per heavy atom. The number of hydrogen-bond acceptors (Lipinski definition) is 6. The van der Waals surface area contributed by atoms with Crippen molar-refractivity contribution < 1.29 is 19.0 Å². The molecular weight excluding hydrogens is 334 g/mol. The van der Waals surface area contributed by atoms with Crippen molar-refractivity contribution in [3.63, 3.8) is 0 Å². The topological polar surface area (TPSA) is 73.8 Å². The van der Waals surface area contributed by atoms with E-state index in [0.717, 1.165) is 12.8 Å². The number of amides is 1. The predicted octanol–water partition coefficient (Wildman–Crippen LogP) is 2.49. The first kappa shape index (κ1) is 18.0. The number of aromatic nitrogens is 2. The quantitative estimate of drug-likeness (QED) is 0.818. The third kappa shape index (κ3) is 4.04. The van der Waals surface area contributed by atoms with Crippen LogP contribution in [-0.2, 0) is 0 Å². The summed E-state index contributed by atoms with van der Waals surface area (Å²) in [6.45, 7) is 3.05. The minimum atomic E-state index is -0.0813. The van der Waals surface area contributed by atoms with Crippen molar-refractivity contribution in [1.82, 2.24) is 14.9 Å². The molecule has 1 aliphatic rings. The Labute approximate surface area is 152 Å². The molecule has 0 N–H and O–H groups in total. The van der Waals surface area contributed by atoms with Crippen molar-refractivity contribution in [2.45, 2.75) is 25.9 Å². The molecule has 2 heterocycles. The Hall–Kier alpha value is -2.83. The molecule has 0 saturated carbocycles. The number of methoxy groups -OCH3 is 2. The van der Waals surface area contributed by atoms with Gasteiger partial charge in [-0.25, -0.2) is 4.98 Å². The van der Waals surface area contributed by atoms with Gasteiger partial charge in [0.1, 0.15) is 11.9 Å². The van der Waals surface area contributed by atoms with Gasteiger partial charge >= 0.3 is 0 Å². The van der Waals surface area contributed by atoms with E-state index < -0.39 is 0 Å². The molecule has 1 aromatic heterocycles. The Bertz CT molecular complexity index is 781. The van der Waals surface area contributed by atoms with Crippen LogP contribution in [0.25, 0.3) is 0 Å². The van der Waals surface area contributed by atoms with Gasteiger partial charge in [-0.05, 0) is 38.0 Å². The Morgan fingerprint density at radius 3 is 2.73 bits per heavy atom. The van der Waals surface area contributed by atoms with E-state index in [1.807, 2.05) is 11.8 Å². The largest absolute Gasteiger partial charge is 0.493 e. The van der Waals surface area contributed by atoms with E-state index in [1.54, 1.807) is 44.7 Å². The fourth-order valence-electron chi connectivity index (χ4n) is 3.04. The van der Waals surface area contributed by atoms with Crippen molar-refractivity contribution in [3.05, 3.63) is 41.9 Å². The number of piperidine rings is 1. The average molecular weight is 357 g/mol. The van der Waals surface area contributed by atoms with Gasteiger partial charge in [-0.15, -0.1) is 0 Å². The molecule has 1 aromatic carbocycles. The highest BCUT2D eigenvalue weighted by Crippen LogP contribution is 2.28. The third-order valence-electron chi connectivity index (χ3n) is 4.33. The first-order valence-electron chi connectivity index (χ1n) is 8.58. The maximum absolute atomic E-state index is 12.9. The first-order chi connectivity index (χ1) is 12.6. The van der Waals surface area contributed by atoms with E-state index in [-0.39, 0.29) is 12.0 Å². The van der Waals surface area contributed by atoms with Gasteiger partial charge in [0, 0.05) is 24.4 Å². The number of benzene rings is 1. The predicted molar refractivity (Wildman–Crippen MR) is 95.9 cm³/mol. The number of likely N-dealkylation sites (tertiary alicyclic amines) is 1. The SMILES string of the molecule is COc1ccc(C(=O)N2CCCC(Oc3ccnc(C)n3)C2)cc1OC. The number of rotatable bonds is 5. The highest BCUT2D eigenvalue weighted by Gasteiger charge is 2.26. The maximum Gasteiger partial charge on any atom is 0.254 e. The van der Waals surface area contributed by atoms with Gasteiger partial charge in [-0.2, -0.15) is 4.98 Å². The molecule has 1 atom stereocenters. The molecule has 3 rings (SSSR count). The highest BCUT2D eigenvalue weighted by molar-refractivity contribution is 5.95. The summed E-state index contributed by atoms with van der Waals surface area (Å²) in [6.07, 6.45) is 3.36. The molecule has 0 spiro atoms. The van der Waals surface area contributed by atoms with E-state index in [1.165, 1.54) is 0 Å². The minimum Gasteiger partial charge on any atom is -0.493 e. The molecule has 7 heteroatoms. The van der Waals surface area contributed by atoms with E-state index in [2.05, 4.69) is 9.97 Å². The molecule has 1 fully saturated rings. The minimum absolute atomic E-state index is 0.0434. The lowest BCUT2D eigenvalue weighted by molar-refractivity contribution is 0.0526. The maximum atomic E-state index is 12.9. The van der Waals surface area contributed by atoms with Crippen LogP contribution in [0, 0.1) is 6.92 Å². The van der Waals surface area contributed by atoms with Crippen LogP contribution in [0.1, 0.15) is 29.0 Å². The summed E-state index contributed by atoms with van der Waals surface area (Å²) >= 11 is 0. The molecular formula is C19H23N3O4. The van der Waals surface area contributed by atoms with Gasteiger partial charge in [0.2, 0.25) is 5.88 Å². The summed E-state index contributed by atoms with van der Waals surface area (Å²) < 4.78 is 16.5. The number of hydrogen-bond donors (Lipinski definition) is 0. The lowest BCUT2D eigenvalue weighted by atomic mass is 10.1. The smallest absolute Gasteiger partial charge is 0.254 e. The van der Waals surface area contributed by atoms with Crippen molar-refractivity contribution >= 4 is 5.91 Å². The summed E-state index contributed by atoms with van der Waals surface area (Å²) in [4.78, 5) is 23.0. The van der Waals surface area contributed by atoms with Gasteiger partial charge in [0.05, 0.1) is 20.8 Å². The molecule has 138 valence electrons. The van der Waals surface area contributed by atoms with Crippen molar-refractivity contribution in [2.75, 3.05) is 27.3 Å². The zero-order chi connectivity index (χ0) is 18.5. The fourth-order valence-corrected chi connectivity index (χ4v) is 3.04. The first-order valence-corrected chi connectivity index (χ1v) is 8.58. The van der Waals surface area contributed by atoms with Crippen LogP contribution >= 0.6 is 0 Å². The van der Waals surface area contributed by atoms with Crippen LogP contribution < -0.4 is 14.2 Å². The zero-order valence-electron chi connectivity index (χ0n) is 15.3. The molecule has 0 bridgehead atoms. The molecule has 7 nitrogen and oxygen atoms in total. The van der Waals surface area contributed by atoms with Gasteiger partial charge in [-0.1, -0.05) is 0 Å². The van der Waals surface area contributed by atoms with Gasteiger partial charge in [0.15, 0.2) is 11.5 Å². The summed E-state index contributed by atoms with van der Waals surface area (Å²) in [5.41, 5.74) is 0.571. The molecule has 1 saturated heterocycles. The summed E-state index contributed by atoms with van der Waals surface area (Å²) in [5, 5.41) is 0. The zero-order valence-corrected chi connectivity index (χ0v) is 15.3. The van der Waals surface area contributed by atoms with Crippen molar-refractivity contribution in [1.29, 1.82) is 0 Å². The van der Waals surface area contributed by atoms with Crippen molar-refractivity contribution in [3.8, 4) is 17.4 Å². The second-order valence-electron chi connectivity index (χ2n) is 6.15. The Morgan fingerprint density at radius 1 is 1.19 bits per heavy atom. The molecule has 1 unspecified atom stereocenters. The second-order valence-corrected chi connectivity index (χ2v) is 6.15. The van der Waals surface area contributed by atoms with Crippen LogP contribution in [0.5, 0.6) is 17.4 Å². The van der Waals surface area contributed by atoms with Crippen LogP contribution in [0.2, 0.25) is 0 Å². The van der Waals surface area contributed by atoms with Crippen LogP contribution in [0.15, 0.2) is 30.5 Å². The van der Waals surface area contributed by atoms with Crippen LogP contribution in [0.3, 0.4) is 0 Å². The van der Waals surface area contributed by atoms with E-state index in [4.69, 9.17) is 14.2 Å². The van der Waals surface area contributed by atoms with Crippen molar-refractivity contribution in [2.24, 2.45) is 0 Å². The number of carbonyl (C=O) groups excluding carboxylic acids is 1. The summed E-state index contributed by atoms with van der Waals surface area (Å²) in [6, 6.07) is 6.94. The number of carbonyl (C=O) groups is 1. The average Bonchev–Trinajstić information content (AvgIpc) is 2.67. The van der Waals surface area contributed by atoms with E-state index in [9.17, 15) is 4.79 Å². The number of aryl methyl sites for hydroxylation is 1. The highest BCUT2D eigenvalue weighted by atomic mass is 16.5. The monoisotopic (exact) mass is 357 g/mol. The summed E-state index contributed by atoms with van der Waals surface area (Å²) in [5.74, 6) is 2.31. The fraction of sp³-hybridized carbons (Fsp3) is 0.421. The van der Waals surface area contributed by atoms with Crippen LogP contribution in [0.4, 0.5) is 0 Å². The third-order valence-corrected chi connectivity index (χ3v) is 4.33. The van der Waals surface area contributed by atoms with Gasteiger partial charge in [0.25, 0.3) is 5.91 Å². The van der Waals surface area contributed by atoms with Gasteiger partial charge in [-0.3, -0.25) is 4.79 Å². The number of nitrogens with zero attached hydrogens (tertiary/aromatic N) is 3. The molecule has 0 aliphatic carbocycles. The molecule has 26 heavy (non-hydrogen) atoms. The molecule has 0 radical (unpaired) electrons. The van der Waals surface area contributed by atoms with E-state index >= 15 is 0 Å². The Balaban J connectivity index is 1.70. The molecule has 1 amide bonds. The van der Waals surface area contributed by atoms with Crippen LogP contribution in [-0.4, -0.2) is 54.2 Å². The lowest BCUT2D eigenvalue weighted by Crippen LogP contribution is -2.44. The summed E-state index contributed by atoms with van der Waals surface area (Å²) in [7, 11) is 3.13. The van der Waals surface area contributed by atoms with E-state index in [0.29, 0.717) is 41.9 Å². The normalized spacial score (nSPS) is 16.9.